The number of benzene rings is 2. The highest BCUT2D eigenvalue weighted by atomic mass is 35.5. The van der Waals surface area contributed by atoms with Crippen molar-refractivity contribution in [2.24, 2.45) is 0 Å². The lowest BCUT2D eigenvalue weighted by molar-refractivity contribution is 0.0635. The van der Waals surface area contributed by atoms with Gasteiger partial charge < -0.3 is 15.8 Å². The zero-order valence-electron chi connectivity index (χ0n) is 15.1. The molecule has 26 heavy (non-hydrogen) atoms. The van der Waals surface area contributed by atoms with Crippen molar-refractivity contribution in [2.75, 3.05) is 16.4 Å². The largest absolute Gasteiger partial charge is 0.444 e. The van der Waals surface area contributed by atoms with E-state index in [1.165, 1.54) is 6.07 Å². The summed E-state index contributed by atoms with van der Waals surface area (Å²) >= 11 is 6.05. The minimum Gasteiger partial charge on any atom is -0.444 e. The summed E-state index contributed by atoms with van der Waals surface area (Å²) in [5.74, 6) is -0.363. The normalized spacial score (nSPS) is 11.0. The van der Waals surface area contributed by atoms with Crippen LogP contribution in [0, 0.1) is 6.92 Å². The van der Waals surface area contributed by atoms with E-state index in [2.05, 4.69) is 10.6 Å². The third-order valence-electron chi connectivity index (χ3n) is 3.35. The summed E-state index contributed by atoms with van der Waals surface area (Å²) in [4.78, 5) is 24.2. The van der Waals surface area contributed by atoms with Crippen molar-refractivity contribution in [2.45, 2.75) is 33.3 Å². The first-order chi connectivity index (χ1) is 12.0. The summed E-state index contributed by atoms with van der Waals surface area (Å²) in [6, 6.07) is 9.83. The van der Waals surface area contributed by atoms with Crippen LogP contribution in [0.2, 0.25) is 5.02 Å². The highest BCUT2D eigenvalue weighted by molar-refractivity contribution is 6.34. The molecule has 2 rings (SSSR count). The van der Waals surface area contributed by atoms with E-state index in [1.807, 2.05) is 6.92 Å². The van der Waals surface area contributed by atoms with Gasteiger partial charge in [0.15, 0.2) is 0 Å². The first kappa shape index (κ1) is 19.6. The molecule has 4 N–H and O–H groups in total. The zero-order valence-corrected chi connectivity index (χ0v) is 15.9. The molecule has 0 aromatic heterocycles. The van der Waals surface area contributed by atoms with Gasteiger partial charge in [0.25, 0.3) is 5.91 Å². The molecule has 6 nitrogen and oxygen atoms in total. The van der Waals surface area contributed by atoms with Gasteiger partial charge in [0, 0.05) is 17.1 Å². The molecule has 2 amide bonds. The van der Waals surface area contributed by atoms with Crippen molar-refractivity contribution in [3.8, 4) is 0 Å². The van der Waals surface area contributed by atoms with Gasteiger partial charge in [-0.1, -0.05) is 11.6 Å². The SMILES string of the molecule is Cc1cc(NC(=O)OC(C)(C)C)ccc1NC(=O)c1cc(N)ccc1Cl. The number of halogens is 1. The predicted molar refractivity (Wildman–Crippen MR) is 105 cm³/mol. The highest BCUT2D eigenvalue weighted by Crippen LogP contribution is 2.24. The molecule has 0 bridgehead atoms. The molecule has 2 aromatic carbocycles. The molecule has 0 atom stereocenters. The first-order valence-electron chi connectivity index (χ1n) is 8.02. The summed E-state index contributed by atoms with van der Waals surface area (Å²) in [6.45, 7) is 7.19. The summed E-state index contributed by atoms with van der Waals surface area (Å²) < 4.78 is 5.21. The average molecular weight is 376 g/mol. The second-order valence-corrected chi connectivity index (χ2v) is 7.26. The molecule has 0 aliphatic carbocycles. The van der Waals surface area contributed by atoms with E-state index >= 15 is 0 Å². The van der Waals surface area contributed by atoms with E-state index in [-0.39, 0.29) is 5.91 Å². The lowest BCUT2D eigenvalue weighted by Crippen LogP contribution is -2.27. The number of nitrogen functional groups attached to an aromatic ring is 1. The summed E-state index contributed by atoms with van der Waals surface area (Å²) in [6.07, 6.45) is -0.541. The number of aryl methyl sites for hydroxylation is 1. The van der Waals surface area contributed by atoms with Crippen LogP contribution in [-0.4, -0.2) is 17.6 Å². The monoisotopic (exact) mass is 375 g/mol. The van der Waals surface area contributed by atoms with Gasteiger partial charge >= 0.3 is 6.09 Å². The summed E-state index contributed by atoms with van der Waals surface area (Å²) in [7, 11) is 0. The number of hydrogen-bond donors (Lipinski definition) is 3. The minimum absolute atomic E-state index is 0.294. The summed E-state index contributed by atoms with van der Waals surface area (Å²) in [5, 5.41) is 5.76. The lowest BCUT2D eigenvalue weighted by Gasteiger charge is -2.20. The number of amides is 2. The molecule has 0 unspecified atom stereocenters. The van der Waals surface area contributed by atoms with E-state index in [0.717, 1.165) is 5.56 Å². The Hall–Kier alpha value is -2.73. The number of rotatable bonds is 3. The van der Waals surface area contributed by atoms with Gasteiger partial charge in [-0.2, -0.15) is 0 Å². The standard InChI is InChI=1S/C19H22ClN3O3/c1-11-9-13(22-18(25)26-19(2,3)4)6-8-16(11)23-17(24)14-10-12(21)5-7-15(14)20/h5-10H,21H2,1-4H3,(H,22,25)(H,23,24). The maximum Gasteiger partial charge on any atom is 0.412 e. The van der Waals surface area contributed by atoms with Gasteiger partial charge in [0.05, 0.1) is 10.6 Å². The number of anilines is 3. The predicted octanol–water partition coefficient (Wildman–Crippen LogP) is 4.83. The van der Waals surface area contributed by atoms with Crippen LogP contribution in [0.5, 0.6) is 0 Å². The van der Waals surface area contributed by atoms with Crippen LogP contribution in [0.25, 0.3) is 0 Å². The molecule has 0 saturated carbocycles. The number of ether oxygens (including phenoxy) is 1. The van der Waals surface area contributed by atoms with Crippen LogP contribution < -0.4 is 16.4 Å². The third kappa shape index (κ3) is 5.39. The van der Waals surface area contributed by atoms with E-state index in [4.69, 9.17) is 22.1 Å². The zero-order chi connectivity index (χ0) is 19.5. The van der Waals surface area contributed by atoms with Gasteiger partial charge in [-0.05, 0) is 69.7 Å². The van der Waals surface area contributed by atoms with Crippen molar-refractivity contribution in [3.05, 3.63) is 52.5 Å². The van der Waals surface area contributed by atoms with Crippen molar-refractivity contribution in [1.82, 2.24) is 0 Å². The Bertz CT molecular complexity index is 844. The minimum atomic E-state index is -0.580. The number of nitrogens with two attached hydrogens (primary N) is 1. The van der Waals surface area contributed by atoms with E-state index < -0.39 is 11.7 Å². The fourth-order valence-electron chi connectivity index (χ4n) is 2.21. The molecule has 0 aliphatic heterocycles. The molecule has 7 heteroatoms. The number of hydrogen-bond acceptors (Lipinski definition) is 4. The molecule has 2 aromatic rings. The molecular weight excluding hydrogens is 354 g/mol. The second kappa shape index (κ2) is 7.66. The van der Waals surface area contributed by atoms with Crippen LogP contribution in [0.1, 0.15) is 36.7 Å². The lowest BCUT2D eigenvalue weighted by atomic mass is 10.1. The van der Waals surface area contributed by atoms with Crippen molar-refractivity contribution in [1.29, 1.82) is 0 Å². The molecule has 0 heterocycles. The fraction of sp³-hybridized carbons (Fsp3) is 0.263. The fourth-order valence-corrected chi connectivity index (χ4v) is 2.41. The average Bonchev–Trinajstić information content (AvgIpc) is 2.50. The molecule has 0 fully saturated rings. The van der Waals surface area contributed by atoms with Crippen LogP contribution in [0.3, 0.4) is 0 Å². The Kier molecular flexibility index (Phi) is 5.77. The van der Waals surface area contributed by atoms with Crippen molar-refractivity contribution >= 4 is 40.7 Å². The number of carbonyl (C=O) groups is 2. The molecule has 0 radical (unpaired) electrons. The number of carbonyl (C=O) groups excluding carboxylic acids is 2. The van der Waals surface area contributed by atoms with Crippen molar-refractivity contribution in [3.63, 3.8) is 0 Å². The second-order valence-electron chi connectivity index (χ2n) is 6.85. The van der Waals surface area contributed by atoms with Crippen LogP contribution in [-0.2, 0) is 4.74 Å². The van der Waals surface area contributed by atoms with Gasteiger partial charge in [-0.3, -0.25) is 10.1 Å². The van der Waals surface area contributed by atoms with Crippen LogP contribution >= 0.6 is 11.6 Å². The Labute approximate surface area is 157 Å². The maximum atomic E-state index is 12.4. The molecule has 0 saturated heterocycles. The van der Waals surface area contributed by atoms with Crippen LogP contribution in [0.15, 0.2) is 36.4 Å². The van der Waals surface area contributed by atoms with Gasteiger partial charge in [0.2, 0.25) is 0 Å². The molecule has 0 spiro atoms. The van der Waals surface area contributed by atoms with E-state index in [9.17, 15) is 9.59 Å². The Balaban J connectivity index is 2.11. The third-order valence-corrected chi connectivity index (χ3v) is 3.68. The molecular formula is C19H22ClN3O3. The number of nitrogens with one attached hydrogen (secondary N) is 2. The highest BCUT2D eigenvalue weighted by Gasteiger charge is 2.17. The summed E-state index contributed by atoms with van der Waals surface area (Å²) in [5.41, 5.74) is 7.81. The van der Waals surface area contributed by atoms with Gasteiger partial charge in [0.1, 0.15) is 5.60 Å². The Morgan fingerprint density at radius 3 is 2.38 bits per heavy atom. The van der Waals surface area contributed by atoms with E-state index in [0.29, 0.717) is 27.6 Å². The quantitative estimate of drug-likeness (QED) is 0.670. The smallest absolute Gasteiger partial charge is 0.412 e. The van der Waals surface area contributed by atoms with Gasteiger partial charge in [-0.25, -0.2) is 4.79 Å². The maximum absolute atomic E-state index is 12.4. The Morgan fingerprint density at radius 1 is 1.08 bits per heavy atom. The topological polar surface area (TPSA) is 93.5 Å². The van der Waals surface area contributed by atoms with E-state index in [1.54, 1.807) is 51.1 Å². The van der Waals surface area contributed by atoms with Crippen LogP contribution in [0.4, 0.5) is 21.9 Å². The Morgan fingerprint density at radius 2 is 1.77 bits per heavy atom. The van der Waals surface area contributed by atoms with Crippen molar-refractivity contribution < 1.29 is 14.3 Å². The molecule has 138 valence electrons. The first-order valence-corrected chi connectivity index (χ1v) is 8.40. The van der Waals surface area contributed by atoms with Gasteiger partial charge in [-0.15, -0.1) is 0 Å². The molecule has 0 aliphatic rings.